The highest BCUT2D eigenvalue weighted by atomic mass is 79.9. The van der Waals surface area contributed by atoms with E-state index in [-0.39, 0.29) is 17.4 Å². The molecule has 3 N–H and O–H groups in total. The minimum atomic E-state index is -0.481. The Hall–Kier alpha value is -1.43. The van der Waals surface area contributed by atoms with Crippen molar-refractivity contribution in [3.05, 3.63) is 63.3 Å². The predicted octanol–water partition coefficient (Wildman–Crippen LogP) is 4.27. The van der Waals surface area contributed by atoms with Gasteiger partial charge in [-0.3, -0.25) is 4.79 Å². The van der Waals surface area contributed by atoms with Crippen molar-refractivity contribution in [1.29, 1.82) is 0 Å². The van der Waals surface area contributed by atoms with Crippen LogP contribution in [0.1, 0.15) is 18.0 Å². The standard InChI is InChI=1S/C15H13BrClFN2O/c16-11-6-10(18)7-12(17)15(11)20-14(21)8-13(19)9-4-2-1-3-5-9/h1-7,13H,8,19H2,(H,20,21). The van der Waals surface area contributed by atoms with E-state index >= 15 is 0 Å². The number of amides is 1. The molecule has 0 aliphatic carbocycles. The topological polar surface area (TPSA) is 55.1 Å². The highest BCUT2D eigenvalue weighted by molar-refractivity contribution is 9.10. The lowest BCUT2D eigenvalue weighted by Crippen LogP contribution is -2.21. The number of hydrogen-bond donors (Lipinski definition) is 2. The minimum Gasteiger partial charge on any atom is -0.324 e. The molecule has 1 atom stereocenters. The highest BCUT2D eigenvalue weighted by Crippen LogP contribution is 2.32. The maximum absolute atomic E-state index is 13.1. The van der Waals surface area contributed by atoms with E-state index in [1.54, 1.807) is 0 Å². The first-order chi connectivity index (χ1) is 9.97. The number of benzene rings is 2. The van der Waals surface area contributed by atoms with Gasteiger partial charge < -0.3 is 11.1 Å². The lowest BCUT2D eigenvalue weighted by atomic mass is 10.0. The third kappa shape index (κ3) is 4.27. The SMILES string of the molecule is NC(CC(=O)Nc1c(Cl)cc(F)cc1Br)c1ccccc1. The zero-order chi connectivity index (χ0) is 15.4. The Labute approximate surface area is 135 Å². The summed E-state index contributed by atoms with van der Waals surface area (Å²) in [6.07, 6.45) is 0.101. The van der Waals surface area contributed by atoms with Crippen molar-refractivity contribution in [3.8, 4) is 0 Å². The van der Waals surface area contributed by atoms with E-state index in [4.69, 9.17) is 17.3 Å². The predicted molar refractivity (Wildman–Crippen MR) is 85.7 cm³/mol. The number of carbonyl (C=O) groups excluding carboxylic acids is 1. The highest BCUT2D eigenvalue weighted by Gasteiger charge is 2.15. The van der Waals surface area contributed by atoms with Crippen LogP contribution < -0.4 is 11.1 Å². The molecule has 0 aliphatic heterocycles. The van der Waals surface area contributed by atoms with Gasteiger partial charge in [-0.2, -0.15) is 0 Å². The van der Waals surface area contributed by atoms with Gasteiger partial charge in [-0.25, -0.2) is 4.39 Å². The second-order valence-electron chi connectivity index (χ2n) is 4.51. The fraction of sp³-hybridized carbons (Fsp3) is 0.133. The van der Waals surface area contributed by atoms with Crippen molar-refractivity contribution >= 4 is 39.1 Å². The van der Waals surface area contributed by atoms with Gasteiger partial charge in [-0.1, -0.05) is 41.9 Å². The van der Waals surface area contributed by atoms with Crippen LogP contribution in [0.25, 0.3) is 0 Å². The first-order valence-electron chi connectivity index (χ1n) is 6.22. The molecule has 1 unspecified atom stereocenters. The molecule has 110 valence electrons. The van der Waals surface area contributed by atoms with E-state index < -0.39 is 11.9 Å². The summed E-state index contributed by atoms with van der Waals surface area (Å²) in [5, 5.41) is 2.77. The van der Waals surface area contributed by atoms with Crippen LogP contribution in [0.15, 0.2) is 46.9 Å². The Morgan fingerprint density at radius 3 is 2.62 bits per heavy atom. The molecule has 0 spiro atoms. The molecule has 0 radical (unpaired) electrons. The van der Waals surface area contributed by atoms with Crippen LogP contribution in [0.3, 0.4) is 0 Å². The largest absolute Gasteiger partial charge is 0.324 e. The van der Waals surface area contributed by atoms with Crippen LogP contribution in [0.5, 0.6) is 0 Å². The van der Waals surface area contributed by atoms with Crippen molar-refractivity contribution in [2.24, 2.45) is 5.73 Å². The van der Waals surface area contributed by atoms with Crippen molar-refractivity contribution in [3.63, 3.8) is 0 Å². The molecule has 6 heteroatoms. The molecule has 0 fully saturated rings. The average Bonchev–Trinajstić information content (AvgIpc) is 2.43. The van der Waals surface area contributed by atoms with Gasteiger partial charge in [0.15, 0.2) is 0 Å². The van der Waals surface area contributed by atoms with Gasteiger partial charge >= 0.3 is 0 Å². The lowest BCUT2D eigenvalue weighted by molar-refractivity contribution is -0.116. The Kier molecular flexibility index (Phi) is 5.33. The summed E-state index contributed by atoms with van der Waals surface area (Å²) in [5.74, 6) is -0.772. The molecule has 21 heavy (non-hydrogen) atoms. The first kappa shape index (κ1) is 15.9. The number of rotatable bonds is 4. The van der Waals surface area contributed by atoms with Crippen molar-refractivity contribution < 1.29 is 9.18 Å². The number of nitrogens with one attached hydrogen (secondary N) is 1. The maximum Gasteiger partial charge on any atom is 0.226 e. The van der Waals surface area contributed by atoms with Crippen LogP contribution >= 0.6 is 27.5 Å². The van der Waals surface area contributed by atoms with Crippen molar-refractivity contribution in [2.75, 3.05) is 5.32 Å². The van der Waals surface area contributed by atoms with Crippen LogP contribution in [0.2, 0.25) is 5.02 Å². The maximum atomic E-state index is 13.1. The first-order valence-corrected chi connectivity index (χ1v) is 7.39. The second kappa shape index (κ2) is 7.02. The molecule has 0 aliphatic rings. The van der Waals surface area contributed by atoms with E-state index in [9.17, 15) is 9.18 Å². The molecule has 0 bridgehead atoms. The summed E-state index contributed by atoms with van der Waals surface area (Å²) in [7, 11) is 0. The third-order valence-corrected chi connectivity index (χ3v) is 3.83. The van der Waals surface area contributed by atoms with Gasteiger partial charge in [0, 0.05) is 16.9 Å². The Bertz CT molecular complexity index is 628. The molecule has 2 rings (SSSR count). The van der Waals surface area contributed by atoms with Crippen molar-refractivity contribution in [2.45, 2.75) is 12.5 Å². The van der Waals surface area contributed by atoms with Crippen molar-refractivity contribution in [1.82, 2.24) is 0 Å². The normalized spacial score (nSPS) is 12.0. The van der Waals surface area contributed by atoms with Crippen LogP contribution in [0.4, 0.5) is 10.1 Å². The molecule has 0 saturated heterocycles. The summed E-state index contributed by atoms with van der Waals surface area (Å²) >= 11 is 9.08. The van der Waals surface area contributed by atoms with E-state index in [2.05, 4.69) is 21.2 Å². The average molecular weight is 372 g/mol. The quantitative estimate of drug-likeness (QED) is 0.843. The third-order valence-electron chi connectivity index (χ3n) is 2.90. The zero-order valence-electron chi connectivity index (χ0n) is 10.9. The van der Waals surface area contributed by atoms with E-state index in [0.717, 1.165) is 11.6 Å². The summed E-state index contributed by atoms with van der Waals surface area (Å²) in [6, 6.07) is 11.3. The molecule has 0 heterocycles. The summed E-state index contributed by atoms with van der Waals surface area (Å²) in [5.41, 5.74) is 7.19. The molecule has 3 nitrogen and oxygen atoms in total. The number of halogens is 3. The number of carbonyl (C=O) groups is 1. The minimum absolute atomic E-state index is 0.101. The van der Waals surface area contributed by atoms with Gasteiger partial charge in [0.25, 0.3) is 0 Å². The fourth-order valence-electron chi connectivity index (χ4n) is 1.87. The van der Waals surface area contributed by atoms with E-state index in [1.807, 2.05) is 30.3 Å². The zero-order valence-corrected chi connectivity index (χ0v) is 13.3. The summed E-state index contributed by atoms with van der Waals surface area (Å²) < 4.78 is 13.5. The molecule has 2 aromatic carbocycles. The van der Waals surface area contributed by atoms with Gasteiger partial charge in [0.2, 0.25) is 5.91 Å². The Balaban J connectivity index is 2.06. The Morgan fingerprint density at radius 2 is 2.00 bits per heavy atom. The molecule has 2 aromatic rings. The molecule has 0 saturated carbocycles. The molecular formula is C15H13BrClFN2O. The van der Waals surface area contributed by atoms with Gasteiger partial charge in [-0.05, 0) is 33.6 Å². The second-order valence-corrected chi connectivity index (χ2v) is 5.78. The monoisotopic (exact) mass is 370 g/mol. The summed E-state index contributed by atoms with van der Waals surface area (Å²) in [4.78, 5) is 12.0. The lowest BCUT2D eigenvalue weighted by Gasteiger charge is -2.14. The van der Waals surface area contributed by atoms with Gasteiger partial charge in [0.1, 0.15) is 5.82 Å². The van der Waals surface area contributed by atoms with E-state index in [0.29, 0.717) is 10.2 Å². The molecular weight excluding hydrogens is 359 g/mol. The smallest absolute Gasteiger partial charge is 0.226 e. The van der Waals surface area contributed by atoms with Crippen LogP contribution in [-0.4, -0.2) is 5.91 Å². The number of anilines is 1. The fourth-order valence-corrected chi connectivity index (χ4v) is 2.77. The van der Waals surface area contributed by atoms with Crippen LogP contribution in [-0.2, 0) is 4.79 Å². The molecule has 0 aromatic heterocycles. The van der Waals surface area contributed by atoms with Gasteiger partial charge in [-0.15, -0.1) is 0 Å². The number of nitrogens with two attached hydrogens (primary N) is 1. The van der Waals surface area contributed by atoms with Gasteiger partial charge in [0.05, 0.1) is 10.7 Å². The van der Waals surface area contributed by atoms with Crippen LogP contribution in [0, 0.1) is 5.82 Å². The van der Waals surface area contributed by atoms with E-state index in [1.165, 1.54) is 6.07 Å². The molecule has 1 amide bonds. The summed E-state index contributed by atoms with van der Waals surface area (Å²) in [6.45, 7) is 0. The Morgan fingerprint density at radius 1 is 1.33 bits per heavy atom. The number of hydrogen-bond acceptors (Lipinski definition) is 2.